The minimum atomic E-state index is -0.312. The van der Waals surface area contributed by atoms with Crippen molar-refractivity contribution in [2.75, 3.05) is 13.2 Å². The van der Waals surface area contributed by atoms with Crippen LogP contribution in [0.5, 0.6) is 0 Å². The fourth-order valence-electron chi connectivity index (χ4n) is 1.68. The van der Waals surface area contributed by atoms with Crippen LogP contribution in [0.2, 0.25) is 0 Å². The Morgan fingerprint density at radius 3 is 2.53 bits per heavy atom. The third-order valence-corrected chi connectivity index (χ3v) is 2.53. The first-order chi connectivity index (χ1) is 9.22. The first-order valence-corrected chi connectivity index (χ1v) is 6.04. The lowest BCUT2D eigenvalue weighted by molar-refractivity contribution is -0.144. The Kier molecular flexibility index (Phi) is 4.30. The lowest BCUT2D eigenvalue weighted by Crippen LogP contribution is -2.13. The smallest absolute Gasteiger partial charge is 0.327 e. The van der Waals surface area contributed by atoms with Gasteiger partial charge in [0, 0.05) is 23.5 Å². The molecule has 2 aromatic rings. The van der Waals surface area contributed by atoms with Gasteiger partial charge in [0.1, 0.15) is 6.54 Å². The molecule has 102 valence electrons. The van der Waals surface area contributed by atoms with E-state index < -0.39 is 0 Å². The van der Waals surface area contributed by atoms with Gasteiger partial charge in [-0.2, -0.15) is 10.2 Å². The van der Waals surface area contributed by atoms with Gasteiger partial charge in [0.2, 0.25) is 0 Å². The van der Waals surface area contributed by atoms with E-state index in [1.165, 1.54) is 4.68 Å². The van der Waals surface area contributed by atoms with Crippen LogP contribution in [-0.2, 0) is 22.6 Å². The van der Waals surface area contributed by atoms with Gasteiger partial charge in [-0.3, -0.25) is 14.2 Å². The van der Waals surface area contributed by atoms with Crippen LogP contribution in [0.3, 0.4) is 0 Å². The molecule has 7 nitrogen and oxygen atoms in total. The van der Waals surface area contributed by atoms with Crippen molar-refractivity contribution in [3.63, 3.8) is 0 Å². The van der Waals surface area contributed by atoms with E-state index in [1.54, 1.807) is 30.2 Å². The summed E-state index contributed by atoms with van der Waals surface area (Å²) < 4.78 is 8.03. The highest BCUT2D eigenvalue weighted by Crippen LogP contribution is 2.17. The third-order valence-electron chi connectivity index (χ3n) is 2.53. The maximum absolute atomic E-state index is 11.3. The van der Waals surface area contributed by atoms with Crippen LogP contribution in [0, 0.1) is 0 Å². The SMILES string of the molecule is CCOC(=O)Cn1cc(-c2cnn(CCO)c2)cn1. The second-order valence-corrected chi connectivity index (χ2v) is 3.95. The van der Waals surface area contributed by atoms with Crippen LogP contribution >= 0.6 is 0 Å². The number of esters is 1. The molecule has 0 bridgehead atoms. The van der Waals surface area contributed by atoms with E-state index in [1.807, 2.05) is 6.20 Å². The first-order valence-electron chi connectivity index (χ1n) is 6.04. The lowest BCUT2D eigenvalue weighted by atomic mass is 10.2. The molecule has 0 saturated heterocycles. The van der Waals surface area contributed by atoms with Crippen molar-refractivity contribution < 1.29 is 14.6 Å². The highest BCUT2D eigenvalue weighted by Gasteiger charge is 2.08. The monoisotopic (exact) mass is 264 g/mol. The molecule has 1 N–H and O–H groups in total. The molecule has 0 aliphatic heterocycles. The Morgan fingerprint density at radius 1 is 1.26 bits per heavy atom. The van der Waals surface area contributed by atoms with Gasteiger partial charge in [-0.25, -0.2) is 0 Å². The number of aromatic nitrogens is 4. The fraction of sp³-hybridized carbons (Fsp3) is 0.417. The average molecular weight is 264 g/mol. The second kappa shape index (κ2) is 6.14. The van der Waals surface area contributed by atoms with Crippen molar-refractivity contribution in [3.05, 3.63) is 24.8 Å². The summed E-state index contributed by atoms with van der Waals surface area (Å²) in [4.78, 5) is 11.3. The van der Waals surface area contributed by atoms with Gasteiger partial charge in [-0.15, -0.1) is 0 Å². The van der Waals surface area contributed by atoms with Crippen LogP contribution in [0.1, 0.15) is 6.92 Å². The molecule has 0 aliphatic carbocycles. The van der Waals surface area contributed by atoms with Gasteiger partial charge in [0.05, 0.1) is 32.2 Å². The lowest BCUT2D eigenvalue weighted by Gasteiger charge is -2.00. The maximum Gasteiger partial charge on any atom is 0.327 e. The number of carbonyl (C=O) groups is 1. The molecule has 0 aliphatic rings. The van der Waals surface area contributed by atoms with Gasteiger partial charge in [0.25, 0.3) is 0 Å². The molecule has 0 radical (unpaired) electrons. The van der Waals surface area contributed by atoms with E-state index in [9.17, 15) is 4.79 Å². The average Bonchev–Trinajstić information content (AvgIpc) is 2.99. The van der Waals surface area contributed by atoms with Gasteiger partial charge >= 0.3 is 5.97 Å². The predicted molar refractivity (Wildman–Crippen MR) is 67.2 cm³/mol. The predicted octanol–water partition coefficient (Wildman–Crippen LogP) is 0.302. The summed E-state index contributed by atoms with van der Waals surface area (Å²) >= 11 is 0. The highest BCUT2D eigenvalue weighted by atomic mass is 16.5. The summed E-state index contributed by atoms with van der Waals surface area (Å²) in [5.41, 5.74) is 1.76. The molecule has 2 aromatic heterocycles. The number of aliphatic hydroxyl groups is 1. The molecule has 0 aromatic carbocycles. The quantitative estimate of drug-likeness (QED) is 0.759. The van der Waals surface area contributed by atoms with Crippen molar-refractivity contribution in [3.8, 4) is 11.1 Å². The highest BCUT2D eigenvalue weighted by molar-refractivity contribution is 5.69. The van der Waals surface area contributed by atoms with Crippen molar-refractivity contribution in [1.82, 2.24) is 19.6 Å². The van der Waals surface area contributed by atoms with E-state index in [4.69, 9.17) is 9.84 Å². The summed E-state index contributed by atoms with van der Waals surface area (Å²) in [6.45, 7) is 2.72. The molecule has 2 heterocycles. The zero-order valence-electron chi connectivity index (χ0n) is 10.7. The molecular weight excluding hydrogens is 248 g/mol. The zero-order valence-corrected chi connectivity index (χ0v) is 10.7. The number of carbonyl (C=O) groups excluding carboxylic acids is 1. The van der Waals surface area contributed by atoms with Crippen LogP contribution in [0.25, 0.3) is 11.1 Å². The zero-order chi connectivity index (χ0) is 13.7. The van der Waals surface area contributed by atoms with Gasteiger partial charge in [0.15, 0.2) is 0 Å². The molecule has 19 heavy (non-hydrogen) atoms. The summed E-state index contributed by atoms with van der Waals surface area (Å²) in [5.74, 6) is -0.312. The van der Waals surface area contributed by atoms with E-state index in [0.29, 0.717) is 13.2 Å². The third kappa shape index (κ3) is 3.41. The van der Waals surface area contributed by atoms with Gasteiger partial charge in [-0.05, 0) is 6.92 Å². The van der Waals surface area contributed by atoms with Crippen molar-refractivity contribution in [2.45, 2.75) is 20.0 Å². The van der Waals surface area contributed by atoms with Gasteiger partial charge in [-0.1, -0.05) is 0 Å². The Bertz CT molecular complexity index is 547. The molecule has 0 spiro atoms. The summed E-state index contributed by atoms with van der Waals surface area (Å²) in [5, 5.41) is 17.0. The molecule has 0 saturated carbocycles. The number of hydrogen-bond acceptors (Lipinski definition) is 5. The molecular formula is C12H16N4O3. The maximum atomic E-state index is 11.3. The first kappa shape index (κ1) is 13.3. The number of hydrogen-bond donors (Lipinski definition) is 1. The Balaban J connectivity index is 2.05. The van der Waals surface area contributed by atoms with E-state index in [2.05, 4.69) is 10.2 Å². The number of rotatable bonds is 6. The van der Waals surface area contributed by atoms with E-state index in [0.717, 1.165) is 11.1 Å². The molecule has 2 rings (SSSR count). The van der Waals surface area contributed by atoms with Gasteiger partial charge < -0.3 is 9.84 Å². The molecule has 0 atom stereocenters. The summed E-state index contributed by atoms with van der Waals surface area (Å²) in [6.07, 6.45) is 6.94. The van der Waals surface area contributed by atoms with Crippen LogP contribution < -0.4 is 0 Å². The minimum Gasteiger partial charge on any atom is -0.465 e. The fourth-order valence-corrected chi connectivity index (χ4v) is 1.68. The summed E-state index contributed by atoms with van der Waals surface area (Å²) in [6, 6.07) is 0. The van der Waals surface area contributed by atoms with Crippen molar-refractivity contribution in [1.29, 1.82) is 0 Å². The standard InChI is InChI=1S/C12H16N4O3/c1-2-19-12(18)9-16-8-11(6-14-16)10-5-13-15(7-10)3-4-17/h5-8,17H,2-4,9H2,1H3. The van der Waals surface area contributed by atoms with E-state index >= 15 is 0 Å². The Morgan fingerprint density at radius 2 is 1.89 bits per heavy atom. The Hall–Kier alpha value is -2.15. The molecule has 0 amide bonds. The van der Waals surface area contributed by atoms with E-state index in [-0.39, 0.29) is 19.1 Å². The summed E-state index contributed by atoms with van der Waals surface area (Å²) in [7, 11) is 0. The topological polar surface area (TPSA) is 82.2 Å². The molecule has 0 unspecified atom stereocenters. The van der Waals surface area contributed by atoms with Crippen LogP contribution in [0.4, 0.5) is 0 Å². The normalized spacial score (nSPS) is 10.6. The van der Waals surface area contributed by atoms with Crippen LogP contribution in [0.15, 0.2) is 24.8 Å². The largest absolute Gasteiger partial charge is 0.465 e. The minimum absolute atomic E-state index is 0.0449. The molecule has 7 heteroatoms. The van der Waals surface area contributed by atoms with Crippen molar-refractivity contribution in [2.24, 2.45) is 0 Å². The second-order valence-electron chi connectivity index (χ2n) is 3.95. The number of nitrogens with zero attached hydrogens (tertiary/aromatic N) is 4. The van der Waals surface area contributed by atoms with Crippen molar-refractivity contribution >= 4 is 5.97 Å². The molecule has 0 fully saturated rings. The number of ether oxygens (including phenoxy) is 1. The Labute approximate surface area is 110 Å². The van der Waals surface area contributed by atoms with Crippen LogP contribution in [-0.4, -0.2) is 43.9 Å². The number of aliphatic hydroxyl groups excluding tert-OH is 1.